The van der Waals surface area contributed by atoms with Gasteiger partial charge < -0.3 is 10.1 Å². The van der Waals surface area contributed by atoms with Gasteiger partial charge in [-0.2, -0.15) is 0 Å². The van der Waals surface area contributed by atoms with Crippen LogP contribution >= 0.6 is 15.9 Å². The summed E-state index contributed by atoms with van der Waals surface area (Å²) in [4.78, 5) is 40.7. The molecule has 6 heteroatoms. The molecular weight excluding hydrogens is 470 g/mol. The molecule has 1 N–H and O–H groups in total. The fourth-order valence-electron chi connectivity index (χ4n) is 5.09. The molecule has 0 radical (unpaired) electrons. The van der Waals surface area contributed by atoms with Crippen LogP contribution in [0.3, 0.4) is 0 Å². The van der Waals surface area contributed by atoms with Crippen LogP contribution in [0.15, 0.2) is 83.3 Å². The summed E-state index contributed by atoms with van der Waals surface area (Å²) in [5.41, 5.74) is -0.844. The van der Waals surface area contributed by atoms with Gasteiger partial charge in [-0.05, 0) is 30.7 Å². The first-order valence-electron chi connectivity index (χ1n) is 10.3. The summed E-state index contributed by atoms with van der Waals surface area (Å²) in [7, 11) is 0. The highest BCUT2D eigenvalue weighted by atomic mass is 79.9. The summed E-state index contributed by atoms with van der Waals surface area (Å²) in [6.07, 6.45) is 0. The van der Waals surface area contributed by atoms with Crippen LogP contribution in [-0.2, 0) is 16.1 Å². The van der Waals surface area contributed by atoms with E-state index in [1.165, 1.54) is 0 Å². The molecule has 1 fully saturated rings. The number of amides is 1. The number of nitrogens with one attached hydrogen (secondary N) is 1. The van der Waals surface area contributed by atoms with E-state index < -0.39 is 28.6 Å². The number of ketones is 1. The SMILES string of the molecule is C[C@]1(C(=O)c2ccccc2)[C@H]2c3cc(Br)ccc3OC(=O)[C@]21C(=O)NCc1ccccc1. The molecule has 1 aliphatic carbocycles. The number of benzene rings is 3. The average Bonchev–Trinajstić information content (AvgIpc) is 3.42. The smallest absolute Gasteiger partial charge is 0.328 e. The van der Waals surface area contributed by atoms with Crippen molar-refractivity contribution >= 4 is 33.6 Å². The van der Waals surface area contributed by atoms with Crippen LogP contribution in [0.1, 0.15) is 34.3 Å². The van der Waals surface area contributed by atoms with Gasteiger partial charge in [-0.25, -0.2) is 0 Å². The summed E-state index contributed by atoms with van der Waals surface area (Å²) >= 11 is 3.46. The molecule has 5 rings (SSSR count). The normalized spacial score (nSPS) is 25.2. The predicted octanol–water partition coefficient (Wildman–Crippen LogP) is 4.66. The van der Waals surface area contributed by atoms with Gasteiger partial charge in [0.05, 0.1) is 5.41 Å². The highest BCUT2D eigenvalue weighted by Crippen LogP contribution is 2.78. The van der Waals surface area contributed by atoms with E-state index in [-0.39, 0.29) is 12.3 Å². The first-order valence-corrected chi connectivity index (χ1v) is 11.1. The summed E-state index contributed by atoms with van der Waals surface area (Å²) in [6.45, 7) is 1.95. The number of carbonyl (C=O) groups is 3. The van der Waals surface area contributed by atoms with Gasteiger partial charge in [0, 0.05) is 28.1 Å². The Balaban J connectivity index is 1.59. The van der Waals surface area contributed by atoms with Gasteiger partial charge in [0.15, 0.2) is 11.2 Å². The molecule has 5 nitrogen and oxygen atoms in total. The van der Waals surface area contributed by atoms with E-state index in [4.69, 9.17) is 4.74 Å². The first kappa shape index (κ1) is 20.6. The van der Waals surface area contributed by atoms with Crippen molar-refractivity contribution in [1.29, 1.82) is 0 Å². The Bertz CT molecular complexity index is 1240. The Morgan fingerprint density at radius 1 is 1.00 bits per heavy atom. The van der Waals surface area contributed by atoms with Crippen LogP contribution in [-0.4, -0.2) is 17.7 Å². The molecule has 2 aliphatic rings. The molecule has 160 valence electrons. The zero-order valence-corrected chi connectivity index (χ0v) is 18.9. The van der Waals surface area contributed by atoms with Gasteiger partial charge in [-0.1, -0.05) is 76.6 Å². The number of esters is 1. The van der Waals surface area contributed by atoms with Crippen molar-refractivity contribution in [2.24, 2.45) is 10.8 Å². The van der Waals surface area contributed by atoms with Crippen LogP contribution in [0.5, 0.6) is 5.75 Å². The first-order chi connectivity index (χ1) is 15.4. The second-order valence-corrected chi connectivity index (χ2v) is 9.29. The monoisotopic (exact) mass is 489 g/mol. The Kier molecular flexibility index (Phi) is 4.78. The number of carbonyl (C=O) groups excluding carboxylic acids is 3. The van der Waals surface area contributed by atoms with Crippen LogP contribution < -0.4 is 10.1 Å². The van der Waals surface area contributed by atoms with E-state index >= 15 is 0 Å². The van der Waals surface area contributed by atoms with Crippen LogP contribution in [0, 0.1) is 10.8 Å². The summed E-state index contributed by atoms with van der Waals surface area (Å²) in [6, 6.07) is 23.5. The Hall–Kier alpha value is -3.25. The number of fused-ring (bicyclic) bond motifs is 3. The van der Waals surface area contributed by atoms with Crippen molar-refractivity contribution in [2.45, 2.75) is 19.4 Å². The number of hydrogen-bond acceptors (Lipinski definition) is 4. The third-order valence-electron chi connectivity index (χ3n) is 6.72. The molecule has 1 aliphatic heterocycles. The highest BCUT2D eigenvalue weighted by Gasteiger charge is 2.88. The van der Waals surface area contributed by atoms with Crippen molar-refractivity contribution in [1.82, 2.24) is 5.32 Å². The molecule has 1 heterocycles. The zero-order valence-electron chi connectivity index (χ0n) is 17.3. The van der Waals surface area contributed by atoms with E-state index in [0.717, 1.165) is 10.0 Å². The number of halogens is 1. The van der Waals surface area contributed by atoms with E-state index in [2.05, 4.69) is 21.2 Å². The maximum absolute atomic E-state index is 13.7. The molecule has 1 saturated carbocycles. The van der Waals surface area contributed by atoms with Crippen LogP contribution in [0.25, 0.3) is 0 Å². The number of Topliss-reactive ketones (excluding diaryl/α,β-unsaturated/α-hetero) is 1. The van der Waals surface area contributed by atoms with Crippen molar-refractivity contribution in [3.8, 4) is 5.75 Å². The standard InChI is InChI=1S/C26H20BrNO4/c1-25(22(29)17-10-6-3-7-11-17)21-19-14-18(27)12-13-20(19)32-24(31)26(21,25)23(30)28-15-16-8-4-2-5-9-16/h2-14,21H,15H2,1H3,(H,28,30)/t21-,25-,26-/m1/s1. The summed E-state index contributed by atoms with van der Waals surface area (Å²) < 4.78 is 6.41. The molecule has 0 unspecified atom stereocenters. The topological polar surface area (TPSA) is 72.5 Å². The lowest BCUT2D eigenvalue weighted by molar-refractivity contribution is -0.149. The summed E-state index contributed by atoms with van der Waals surface area (Å²) in [5, 5.41) is 2.88. The largest absolute Gasteiger partial charge is 0.425 e. The minimum absolute atomic E-state index is 0.247. The van der Waals surface area contributed by atoms with E-state index in [1.54, 1.807) is 43.3 Å². The maximum Gasteiger partial charge on any atom is 0.328 e. The van der Waals surface area contributed by atoms with Crippen LogP contribution in [0.2, 0.25) is 0 Å². The third-order valence-corrected chi connectivity index (χ3v) is 7.21. The molecule has 3 atom stereocenters. The number of hydrogen-bond donors (Lipinski definition) is 1. The van der Waals surface area contributed by atoms with Crippen LogP contribution in [0.4, 0.5) is 0 Å². The minimum Gasteiger partial charge on any atom is -0.425 e. The van der Waals surface area contributed by atoms with E-state index in [1.807, 2.05) is 42.5 Å². The van der Waals surface area contributed by atoms with Gasteiger partial charge in [0.2, 0.25) is 5.91 Å². The van der Waals surface area contributed by atoms with Crippen molar-refractivity contribution in [2.75, 3.05) is 0 Å². The molecule has 0 aromatic heterocycles. The molecular formula is C26H20BrNO4. The fourth-order valence-corrected chi connectivity index (χ4v) is 5.47. The minimum atomic E-state index is -1.62. The second-order valence-electron chi connectivity index (χ2n) is 8.38. The Morgan fingerprint density at radius 3 is 2.34 bits per heavy atom. The summed E-state index contributed by atoms with van der Waals surface area (Å²) in [5.74, 6) is -1.65. The van der Waals surface area contributed by atoms with Crippen molar-refractivity contribution < 1.29 is 19.1 Å². The Labute approximate surface area is 193 Å². The van der Waals surface area contributed by atoms with Gasteiger partial charge in [-0.15, -0.1) is 0 Å². The molecule has 1 amide bonds. The zero-order chi connectivity index (χ0) is 22.5. The maximum atomic E-state index is 13.7. The van der Waals surface area contributed by atoms with Gasteiger partial charge in [0.1, 0.15) is 5.75 Å². The third kappa shape index (κ3) is 2.79. The van der Waals surface area contributed by atoms with Crippen molar-refractivity contribution in [3.05, 3.63) is 100 Å². The van der Waals surface area contributed by atoms with Gasteiger partial charge in [0.25, 0.3) is 0 Å². The molecule has 3 aromatic rings. The molecule has 3 aromatic carbocycles. The quantitative estimate of drug-likeness (QED) is 0.245. The number of ether oxygens (including phenoxy) is 1. The second kappa shape index (κ2) is 7.41. The average molecular weight is 490 g/mol. The Morgan fingerprint density at radius 2 is 1.66 bits per heavy atom. The number of rotatable bonds is 5. The van der Waals surface area contributed by atoms with Gasteiger partial charge in [-0.3, -0.25) is 14.4 Å². The lowest BCUT2D eigenvalue weighted by atomic mass is 9.86. The molecule has 0 saturated heterocycles. The van der Waals surface area contributed by atoms with E-state index in [0.29, 0.717) is 16.9 Å². The van der Waals surface area contributed by atoms with E-state index in [9.17, 15) is 14.4 Å². The van der Waals surface area contributed by atoms with Crippen molar-refractivity contribution in [3.63, 3.8) is 0 Å². The van der Waals surface area contributed by atoms with Gasteiger partial charge >= 0.3 is 5.97 Å². The predicted molar refractivity (Wildman–Crippen MR) is 122 cm³/mol. The molecule has 32 heavy (non-hydrogen) atoms. The fraction of sp³-hybridized carbons (Fsp3) is 0.192. The lowest BCUT2D eigenvalue weighted by Crippen LogP contribution is -2.45. The molecule has 0 spiro atoms. The lowest BCUT2D eigenvalue weighted by Gasteiger charge is -2.23. The molecule has 0 bridgehead atoms. The highest BCUT2D eigenvalue weighted by molar-refractivity contribution is 9.10.